The summed E-state index contributed by atoms with van der Waals surface area (Å²) in [6.07, 6.45) is 11.6. The molecule has 0 aromatic heterocycles. The van der Waals surface area contributed by atoms with Gasteiger partial charge in [-0.2, -0.15) is 0 Å². The second kappa shape index (κ2) is 8.38. The van der Waals surface area contributed by atoms with Crippen molar-refractivity contribution >= 4 is 11.9 Å². The van der Waals surface area contributed by atoms with Crippen LogP contribution in [0.2, 0.25) is 0 Å². The van der Waals surface area contributed by atoms with Crippen LogP contribution in [0.4, 0.5) is 0 Å². The molecule has 0 bridgehead atoms. The normalized spacial score (nSPS) is 43.7. The van der Waals surface area contributed by atoms with Crippen LogP contribution in [0.15, 0.2) is 24.3 Å². The van der Waals surface area contributed by atoms with Gasteiger partial charge < -0.3 is 14.6 Å². The fraction of sp³-hybridized carbons (Fsp3) is 0.769. The van der Waals surface area contributed by atoms with Crippen molar-refractivity contribution in [3.05, 3.63) is 24.3 Å². The van der Waals surface area contributed by atoms with Crippen LogP contribution >= 0.6 is 0 Å². The molecule has 4 aliphatic carbocycles. The topological polar surface area (TPSA) is 72.8 Å². The Morgan fingerprint density at radius 1 is 1.23 bits per heavy atom. The molecular formula is C26H38O5. The average Bonchev–Trinajstić information content (AvgIpc) is 2.98. The van der Waals surface area contributed by atoms with E-state index in [9.17, 15) is 14.7 Å². The SMILES string of the molecule is C=CCC1CC(OC(C)=O)[C@@]2(C)CC[C@@H]3[C@@H](CC=C4CC(OC(C)=O)CC[C@@]43CO)[C@H]12. The lowest BCUT2D eigenvalue weighted by atomic mass is 9.46. The second-order valence-corrected chi connectivity index (χ2v) is 10.7. The van der Waals surface area contributed by atoms with Crippen LogP contribution in [0.5, 0.6) is 0 Å². The number of carbonyl (C=O) groups is 2. The predicted molar refractivity (Wildman–Crippen MR) is 118 cm³/mol. The van der Waals surface area contributed by atoms with Crippen molar-refractivity contribution in [2.24, 2.45) is 34.5 Å². The number of hydrogen-bond donors (Lipinski definition) is 1. The largest absolute Gasteiger partial charge is 0.462 e. The van der Waals surface area contributed by atoms with Gasteiger partial charge in [0, 0.05) is 31.1 Å². The summed E-state index contributed by atoms with van der Waals surface area (Å²) in [5.74, 6) is 1.41. The Morgan fingerprint density at radius 3 is 2.61 bits per heavy atom. The molecule has 3 fully saturated rings. The molecule has 0 aromatic carbocycles. The van der Waals surface area contributed by atoms with Crippen molar-refractivity contribution in [3.63, 3.8) is 0 Å². The number of ether oxygens (including phenoxy) is 2. The third-order valence-corrected chi connectivity index (χ3v) is 9.23. The molecule has 0 aliphatic heterocycles. The van der Waals surface area contributed by atoms with Gasteiger partial charge in [0.15, 0.2) is 0 Å². The number of esters is 2. The standard InChI is InChI=1S/C26H38O5/c1-5-6-18-13-23(31-17(3)29)25(4)11-10-22-21(24(18)25)8-7-19-14-20(30-16(2)28)9-12-26(19,22)15-27/h5,7,18,20-24,27H,1,6,8-15H2,2-4H3/t18?,20?,21-,22-,23?,24+,25-,26-/m1/s1. The Morgan fingerprint density at radius 2 is 1.97 bits per heavy atom. The maximum Gasteiger partial charge on any atom is 0.302 e. The summed E-state index contributed by atoms with van der Waals surface area (Å²) in [6, 6.07) is 0. The minimum atomic E-state index is -0.223. The molecule has 172 valence electrons. The highest BCUT2D eigenvalue weighted by Gasteiger charge is 2.63. The monoisotopic (exact) mass is 430 g/mol. The van der Waals surface area contributed by atoms with Crippen molar-refractivity contribution in [1.29, 1.82) is 0 Å². The first-order valence-corrected chi connectivity index (χ1v) is 12.0. The highest BCUT2D eigenvalue weighted by atomic mass is 16.5. The minimum Gasteiger partial charge on any atom is -0.462 e. The molecule has 31 heavy (non-hydrogen) atoms. The first kappa shape index (κ1) is 22.6. The number of aliphatic hydroxyl groups is 1. The molecule has 0 heterocycles. The van der Waals surface area contributed by atoms with E-state index in [1.54, 1.807) is 0 Å². The van der Waals surface area contributed by atoms with Crippen molar-refractivity contribution in [2.75, 3.05) is 6.61 Å². The highest BCUT2D eigenvalue weighted by Crippen LogP contribution is 2.67. The third kappa shape index (κ3) is 3.67. The molecule has 0 amide bonds. The zero-order chi connectivity index (χ0) is 22.4. The molecule has 0 spiro atoms. The van der Waals surface area contributed by atoms with E-state index in [1.807, 2.05) is 6.08 Å². The zero-order valence-corrected chi connectivity index (χ0v) is 19.3. The van der Waals surface area contributed by atoms with Crippen LogP contribution in [0, 0.1) is 34.5 Å². The van der Waals surface area contributed by atoms with Crippen molar-refractivity contribution in [2.45, 2.75) is 84.3 Å². The van der Waals surface area contributed by atoms with Crippen LogP contribution in [0.25, 0.3) is 0 Å². The zero-order valence-electron chi connectivity index (χ0n) is 19.3. The Hall–Kier alpha value is -1.62. The summed E-state index contributed by atoms with van der Waals surface area (Å²) < 4.78 is 11.4. The van der Waals surface area contributed by atoms with E-state index in [-0.39, 0.29) is 41.6 Å². The summed E-state index contributed by atoms with van der Waals surface area (Å²) in [4.78, 5) is 23.3. The van der Waals surface area contributed by atoms with Crippen LogP contribution in [-0.2, 0) is 19.1 Å². The van der Waals surface area contributed by atoms with Gasteiger partial charge in [0.25, 0.3) is 0 Å². The maximum absolute atomic E-state index is 11.8. The van der Waals surface area contributed by atoms with Gasteiger partial charge in [-0.05, 0) is 68.6 Å². The summed E-state index contributed by atoms with van der Waals surface area (Å²) in [7, 11) is 0. The van der Waals surface area contributed by atoms with Crippen LogP contribution in [0.1, 0.15) is 72.1 Å². The molecule has 0 aromatic rings. The van der Waals surface area contributed by atoms with Crippen LogP contribution < -0.4 is 0 Å². The van der Waals surface area contributed by atoms with Crippen molar-refractivity contribution in [1.82, 2.24) is 0 Å². The highest BCUT2D eigenvalue weighted by molar-refractivity contribution is 5.66. The molecule has 4 rings (SSSR count). The minimum absolute atomic E-state index is 0.0164. The summed E-state index contributed by atoms with van der Waals surface area (Å²) in [6.45, 7) is 9.48. The molecule has 1 N–H and O–H groups in total. The van der Waals surface area contributed by atoms with E-state index in [1.165, 1.54) is 19.4 Å². The lowest BCUT2D eigenvalue weighted by Crippen LogP contribution is -2.54. The Balaban J connectivity index is 1.66. The van der Waals surface area contributed by atoms with Crippen LogP contribution in [0.3, 0.4) is 0 Å². The number of hydrogen-bond acceptors (Lipinski definition) is 5. The fourth-order valence-corrected chi connectivity index (χ4v) is 8.13. The predicted octanol–water partition coefficient (Wildman–Crippen LogP) is 4.59. The van der Waals surface area contributed by atoms with Gasteiger partial charge in [0.1, 0.15) is 12.2 Å². The smallest absolute Gasteiger partial charge is 0.302 e. The molecule has 8 atom stereocenters. The van der Waals surface area contributed by atoms with E-state index < -0.39 is 0 Å². The molecule has 0 saturated heterocycles. The van der Waals surface area contributed by atoms with Crippen LogP contribution in [-0.4, -0.2) is 35.9 Å². The van der Waals surface area contributed by atoms with Gasteiger partial charge in [-0.15, -0.1) is 6.58 Å². The molecule has 3 unspecified atom stereocenters. The molecule has 5 heteroatoms. The van der Waals surface area contributed by atoms with Gasteiger partial charge in [-0.3, -0.25) is 9.59 Å². The van der Waals surface area contributed by atoms with E-state index in [0.717, 1.165) is 51.4 Å². The lowest BCUT2D eigenvalue weighted by molar-refractivity contribution is -0.158. The quantitative estimate of drug-likeness (QED) is 0.510. The average molecular weight is 431 g/mol. The molecule has 0 radical (unpaired) electrons. The van der Waals surface area contributed by atoms with Gasteiger partial charge in [-0.1, -0.05) is 24.6 Å². The lowest BCUT2D eigenvalue weighted by Gasteiger charge is -2.59. The van der Waals surface area contributed by atoms with Crippen molar-refractivity contribution < 1.29 is 24.2 Å². The molecule has 5 nitrogen and oxygen atoms in total. The Labute approximate surface area is 186 Å². The van der Waals surface area contributed by atoms with E-state index in [4.69, 9.17) is 9.47 Å². The fourth-order valence-electron chi connectivity index (χ4n) is 8.13. The number of allylic oxidation sites excluding steroid dienone is 2. The molecular weight excluding hydrogens is 392 g/mol. The molecule has 3 saturated carbocycles. The Kier molecular flexibility index (Phi) is 6.10. The van der Waals surface area contributed by atoms with E-state index >= 15 is 0 Å². The van der Waals surface area contributed by atoms with E-state index in [0.29, 0.717) is 23.7 Å². The van der Waals surface area contributed by atoms with Gasteiger partial charge in [0.2, 0.25) is 0 Å². The first-order valence-electron chi connectivity index (χ1n) is 12.0. The number of carbonyl (C=O) groups excluding carboxylic acids is 2. The number of aliphatic hydroxyl groups excluding tert-OH is 1. The maximum atomic E-state index is 11.8. The number of fused-ring (bicyclic) bond motifs is 5. The number of rotatable bonds is 5. The van der Waals surface area contributed by atoms with Gasteiger partial charge >= 0.3 is 11.9 Å². The van der Waals surface area contributed by atoms with Crippen molar-refractivity contribution in [3.8, 4) is 0 Å². The Bertz CT molecular complexity index is 772. The first-order chi connectivity index (χ1) is 14.7. The van der Waals surface area contributed by atoms with Gasteiger partial charge in [-0.25, -0.2) is 0 Å². The summed E-state index contributed by atoms with van der Waals surface area (Å²) in [5, 5.41) is 10.7. The molecule has 4 aliphatic rings. The summed E-state index contributed by atoms with van der Waals surface area (Å²) in [5.41, 5.74) is 1.09. The summed E-state index contributed by atoms with van der Waals surface area (Å²) >= 11 is 0. The third-order valence-electron chi connectivity index (χ3n) is 9.23. The van der Waals surface area contributed by atoms with Gasteiger partial charge in [0.05, 0.1) is 6.61 Å². The van der Waals surface area contributed by atoms with E-state index in [2.05, 4.69) is 19.6 Å². The second-order valence-electron chi connectivity index (χ2n) is 10.7.